The number of aliphatic hydroxyl groups is 5. The van der Waals surface area contributed by atoms with Crippen molar-refractivity contribution in [3.05, 3.63) is 12.2 Å². The fourth-order valence-corrected chi connectivity index (χ4v) is 3.29. The number of aliphatic hydroxyl groups excluding tert-OH is 5. The molecule has 8 heteroatoms. The lowest BCUT2D eigenvalue weighted by molar-refractivity contribution is -0.0531. The molecule has 0 bridgehead atoms. The van der Waals surface area contributed by atoms with Crippen molar-refractivity contribution >= 4 is 17.2 Å². The van der Waals surface area contributed by atoms with E-state index in [2.05, 4.69) is 10.6 Å². The van der Waals surface area contributed by atoms with Crippen LogP contribution in [0.4, 0.5) is 0 Å². The van der Waals surface area contributed by atoms with Crippen molar-refractivity contribution in [1.29, 1.82) is 0 Å². The van der Waals surface area contributed by atoms with Crippen LogP contribution in [-0.2, 0) is 0 Å². The first-order valence-corrected chi connectivity index (χ1v) is 9.80. The molecular weight excluding hydrogens is 356 g/mol. The SMILES string of the molecule is CCCC(=S)NC(CNC1CC=CC(O)C(O)C1O)C(O)CC(O)CC. The minimum Gasteiger partial charge on any atom is -0.393 e. The molecule has 26 heavy (non-hydrogen) atoms. The molecule has 0 amide bonds. The Labute approximate surface area is 161 Å². The zero-order chi connectivity index (χ0) is 19.7. The molecule has 0 radical (unpaired) electrons. The normalized spacial score (nSPS) is 29.7. The van der Waals surface area contributed by atoms with Gasteiger partial charge in [-0.1, -0.05) is 38.2 Å². The van der Waals surface area contributed by atoms with E-state index in [9.17, 15) is 25.5 Å². The summed E-state index contributed by atoms with van der Waals surface area (Å²) in [5.41, 5.74) is 0. The van der Waals surface area contributed by atoms with Gasteiger partial charge in [0.2, 0.25) is 0 Å². The monoisotopic (exact) mass is 390 g/mol. The minimum atomic E-state index is -1.27. The van der Waals surface area contributed by atoms with Gasteiger partial charge in [-0.05, 0) is 25.7 Å². The van der Waals surface area contributed by atoms with Crippen LogP contribution in [0.5, 0.6) is 0 Å². The second-order valence-electron chi connectivity index (χ2n) is 6.94. The van der Waals surface area contributed by atoms with E-state index in [-0.39, 0.29) is 6.42 Å². The average molecular weight is 391 g/mol. The maximum atomic E-state index is 10.5. The van der Waals surface area contributed by atoms with Crippen LogP contribution < -0.4 is 10.6 Å². The topological polar surface area (TPSA) is 125 Å². The van der Waals surface area contributed by atoms with Crippen molar-refractivity contribution in [3.63, 3.8) is 0 Å². The Morgan fingerprint density at radius 2 is 1.88 bits per heavy atom. The lowest BCUT2D eigenvalue weighted by Crippen LogP contribution is -2.55. The van der Waals surface area contributed by atoms with E-state index in [1.807, 2.05) is 13.8 Å². The summed E-state index contributed by atoms with van der Waals surface area (Å²) in [6.07, 6.45) is 1.04. The van der Waals surface area contributed by atoms with Crippen LogP contribution in [0.2, 0.25) is 0 Å². The van der Waals surface area contributed by atoms with Crippen molar-refractivity contribution in [1.82, 2.24) is 10.6 Å². The quantitative estimate of drug-likeness (QED) is 0.198. The maximum absolute atomic E-state index is 10.5. The van der Waals surface area contributed by atoms with Gasteiger partial charge in [0.1, 0.15) is 12.2 Å². The molecule has 7 unspecified atom stereocenters. The molecule has 0 saturated carbocycles. The smallest absolute Gasteiger partial charge is 0.111 e. The highest BCUT2D eigenvalue weighted by Gasteiger charge is 2.32. The van der Waals surface area contributed by atoms with Gasteiger partial charge in [-0.3, -0.25) is 0 Å². The van der Waals surface area contributed by atoms with E-state index < -0.39 is 42.6 Å². The molecule has 0 aromatic carbocycles. The summed E-state index contributed by atoms with van der Waals surface area (Å²) in [5, 5.41) is 56.4. The molecule has 0 spiro atoms. The zero-order valence-electron chi connectivity index (χ0n) is 15.6. The molecule has 1 aliphatic rings. The lowest BCUT2D eigenvalue weighted by Gasteiger charge is -2.31. The highest BCUT2D eigenvalue weighted by atomic mass is 32.1. The van der Waals surface area contributed by atoms with Gasteiger partial charge in [0.15, 0.2) is 0 Å². The molecule has 0 aromatic heterocycles. The zero-order valence-corrected chi connectivity index (χ0v) is 16.4. The first-order valence-electron chi connectivity index (χ1n) is 9.39. The van der Waals surface area contributed by atoms with Gasteiger partial charge in [-0.25, -0.2) is 0 Å². The summed E-state index contributed by atoms with van der Waals surface area (Å²) in [6, 6.07) is -0.900. The van der Waals surface area contributed by atoms with Crippen molar-refractivity contribution in [2.45, 2.75) is 88.6 Å². The summed E-state index contributed by atoms with van der Waals surface area (Å²) < 4.78 is 0. The summed E-state index contributed by atoms with van der Waals surface area (Å²) in [5.74, 6) is 0. The van der Waals surface area contributed by atoms with E-state index in [0.717, 1.165) is 6.42 Å². The van der Waals surface area contributed by atoms with Gasteiger partial charge in [-0.15, -0.1) is 0 Å². The fraction of sp³-hybridized carbons (Fsp3) is 0.833. The molecule has 1 aliphatic carbocycles. The van der Waals surface area contributed by atoms with E-state index in [1.54, 1.807) is 6.08 Å². The summed E-state index contributed by atoms with van der Waals surface area (Å²) >= 11 is 5.29. The van der Waals surface area contributed by atoms with Crippen LogP contribution in [0.25, 0.3) is 0 Å². The predicted molar refractivity (Wildman–Crippen MR) is 105 cm³/mol. The number of thiocarbonyl (C=S) groups is 1. The highest BCUT2D eigenvalue weighted by molar-refractivity contribution is 7.80. The predicted octanol–water partition coefficient (Wildman–Crippen LogP) is -0.405. The van der Waals surface area contributed by atoms with E-state index in [0.29, 0.717) is 30.8 Å². The largest absolute Gasteiger partial charge is 0.393 e. The molecule has 7 N–H and O–H groups in total. The fourth-order valence-electron chi connectivity index (χ4n) is 2.94. The van der Waals surface area contributed by atoms with E-state index in [4.69, 9.17) is 12.2 Å². The van der Waals surface area contributed by atoms with Crippen molar-refractivity contribution in [2.24, 2.45) is 0 Å². The Morgan fingerprint density at radius 1 is 1.19 bits per heavy atom. The van der Waals surface area contributed by atoms with Crippen molar-refractivity contribution < 1.29 is 25.5 Å². The molecule has 7 atom stereocenters. The Hall–Kier alpha value is -0.610. The van der Waals surface area contributed by atoms with Crippen molar-refractivity contribution in [2.75, 3.05) is 6.54 Å². The van der Waals surface area contributed by atoms with Gasteiger partial charge < -0.3 is 36.2 Å². The minimum absolute atomic E-state index is 0.221. The van der Waals surface area contributed by atoms with E-state index in [1.165, 1.54) is 6.08 Å². The van der Waals surface area contributed by atoms with Gasteiger partial charge in [-0.2, -0.15) is 0 Å². The van der Waals surface area contributed by atoms with Crippen molar-refractivity contribution in [3.8, 4) is 0 Å². The molecule has 152 valence electrons. The Balaban J connectivity index is 2.71. The third-order valence-corrected chi connectivity index (χ3v) is 5.03. The van der Waals surface area contributed by atoms with Crippen LogP contribution in [0, 0.1) is 0 Å². The number of rotatable bonds is 10. The molecule has 1 rings (SSSR count). The van der Waals surface area contributed by atoms with E-state index >= 15 is 0 Å². The second-order valence-corrected chi connectivity index (χ2v) is 7.43. The van der Waals surface area contributed by atoms with Gasteiger partial charge in [0.05, 0.1) is 29.3 Å². The van der Waals surface area contributed by atoms with Crippen LogP contribution in [-0.4, -0.2) is 79.7 Å². The summed E-state index contributed by atoms with van der Waals surface area (Å²) in [7, 11) is 0. The molecule has 0 fully saturated rings. The lowest BCUT2D eigenvalue weighted by atomic mass is 9.99. The molecular formula is C18H34N2O5S. The molecule has 0 aromatic rings. The molecule has 0 heterocycles. The summed E-state index contributed by atoms with van der Waals surface area (Å²) in [4.78, 5) is 0.640. The van der Waals surface area contributed by atoms with Gasteiger partial charge in [0, 0.05) is 19.0 Å². The second kappa shape index (κ2) is 12.0. The number of hydrogen-bond acceptors (Lipinski definition) is 7. The Morgan fingerprint density at radius 3 is 2.50 bits per heavy atom. The summed E-state index contributed by atoms with van der Waals surface area (Å²) in [6.45, 7) is 4.15. The third-order valence-electron chi connectivity index (χ3n) is 4.71. The van der Waals surface area contributed by atoms with Crippen LogP contribution in [0.1, 0.15) is 46.0 Å². The average Bonchev–Trinajstić information content (AvgIpc) is 2.72. The standard InChI is InChI=1S/C18H34N2O5S/c1-3-6-16(26)20-13(15(23)9-11(21)4-2)10-19-12-7-5-8-14(22)18(25)17(12)24/h5,8,11-15,17-19,21-25H,3-4,6-7,9-10H2,1-2H3,(H,20,26). The first kappa shape index (κ1) is 23.4. The van der Waals surface area contributed by atoms with Crippen LogP contribution in [0.3, 0.4) is 0 Å². The van der Waals surface area contributed by atoms with Gasteiger partial charge in [0.25, 0.3) is 0 Å². The maximum Gasteiger partial charge on any atom is 0.111 e. The molecule has 7 nitrogen and oxygen atoms in total. The van der Waals surface area contributed by atoms with Gasteiger partial charge >= 0.3 is 0 Å². The first-order chi connectivity index (χ1) is 12.3. The Kier molecular flexibility index (Phi) is 10.8. The Bertz CT molecular complexity index is 451. The third kappa shape index (κ3) is 7.56. The highest BCUT2D eigenvalue weighted by Crippen LogP contribution is 2.15. The molecule has 0 aliphatic heterocycles. The van der Waals surface area contributed by atoms with Crippen LogP contribution >= 0.6 is 12.2 Å². The number of hydrogen-bond donors (Lipinski definition) is 7. The van der Waals surface area contributed by atoms with Crippen LogP contribution in [0.15, 0.2) is 12.2 Å². The number of nitrogens with one attached hydrogen (secondary N) is 2. The molecule has 0 saturated heterocycles.